The van der Waals surface area contributed by atoms with Crippen molar-refractivity contribution < 1.29 is 14.3 Å². The fraction of sp³-hybridized carbons (Fsp3) is 0.125. The molecule has 4 aromatic rings. The first-order valence-electron chi connectivity index (χ1n) is 10.1. The highest BCUT2D eigenvalue weighted by atomic mass is 79.9. The number of amides is 2. The summed E-state index contributed by atoms with van der Waals surface area (Å²) >= 11 is 15.6. The molecule has 0 atom stereocenters. The van der Waals surface area contributed by atoms with E-state index in [-0.39, 0.29) is 30.5 Å². The lowest BCUT2D eigenvalue weighted by Crippen LogP contribution is -2.16. The predicted octanol–water partition coefficient (Wildman–Crippen LogP) is 7.01. The first kappa shape index (κ1) is 27.0. The Morgan fingerprint density at radius 2 is 1.80 bits per heavy atom. The molecule has 0 bridgehead atoms. The van der Waals surface area contributed by atoms with E-state index in [1.165, 1.54) is 0 Å². The number of anilines is 2. The molecule has 11 heteroatoms. The molecule has 0 spiro atoms. The van der Waals surface area contributed by atoms with Crippen LogP contribution in [0.3, 0.4) is 0 Å². The van der Waals surface area contributed by atoms with Crippen molar-refractivity contribution in [2.24, 2.45) is 0 Å². The number of hydrogen-bond donors (Lipinski definition) is 3. The number of rotatable bonds is 6. The molecule has 0 aliphatic rings. The van der Waals surface area contributed by atoms with Gasteiger partial charge in [-0.3, -0.25) is 9.59 Å². The van der Waals surface area contributed by atoms with Crippen LogP contribution in [-0.2, 0) is 11.3 Å². The van der Waals surface area contributed by atoms with Gasteiger partial charge in [-0.2, -0.15) is 0 Å². The first-order chi connectivity index (χ1) is 16.3. The molecular weight excluding hydrogens is 579 g/mol. The predicted molar refractivity (Wildman–Crippen MR) is 145 cm³/mol. The van der Waals surface area contributed by atoms with Crippen molar-refractivity contribution in [2.75, 3.05) is 17.7 Å². The summed E-state index contributed by atoms with van der Waals surface area (Å²) in [6.45, 7) is 2.05. The third-order valence-corrected chi connectivity index (χ3v) is 6.44. The molecule has 0 saturated carbocycles. The number of methoxy groups -OCH3 is 1. The molecule has 0 radical (unpaired) electrons. The zero-order valence-corrected chi connectivity index (χ0v) is 22.5. The standard InChI is InChI=1S/C24H19BrCl2N4O3.ClH/c1-12-18(27)4-3-5-19(12)30-24(33)16-9-14(10-20-22(16)31-21(29-20)11-34-2)28-23(32)15-8-13(26)6-7-17(15)25;/h3-10H,11H2,1-2H3,(H,28,32)(H,29,31)(H,30,33);1H. The summed E-state index contributed by atoms with van der Waals surface area (Å²) in [6, 6.07) is 13.5. The monoisotopic (exact) mass is 596 g/mol. The van der Waals surface area contributed by atoms with Crippen LogP contribution in [0.1, 0.15) is 32.1 Å². The van der Waals surface area contributed by atoms with Gasteiger partial charge in [0.2, 0.25) is 0 Å². The molecule has 0 aliphatic heterocycles. The summed E-state index contributed by atoms with van der Waals surface area (Å²) < 4.78 is 5.75. The Morgan fingerprint density at radius 3 is 2.54 bits per heavy atom. The normalized spacial score (nSPS) is 10.7. The number of imidazole rings is 1. The lowest BCUT2D eigenvalue weighted by molar-refractivity contribution is 0.101. The molecule has 0 aliphatic carbocycles. The van der Waals surface area contributed by atoms with Crippen molar-refractivity contribution in [3.8, 4) is 0 Å². The van der Waals surface area contributed by atoms with Crippen LogP contribution >= 0.6 is 51.5 Å². The van der Waals surface area contributed by atoms with E-state index >= 15 is 0 Å². The van der Waals surface area contributed by atoms with Crippen LogP contribution in [0, 0.1) is 6.92 Å². The molecule has 3 N–H and O–H groups in total. The molecule has 4 rings (SSSR count). The molecule has 3 aromatic carbocycles. The first-order valence-corrected chi connectivity index (χ1v) is 11.7. The molecule has 2 amide bonds. The minimum Gasteiger partial charge on any atom is -0.377 e. The van der Waals surface area contributed by atoms with Crippen LogP contribution in [0.25, 0.3) is 11.0 Å². The number of halogens is 4. The number of aromatic nitrogens is 2. The van der Waals surface area contributed by atoms with E-state index in [0.717, 1.165) is 5.56 Å². The summed E-state index contributed by atoms with van der Waals surface area (Å²) in [5, 5.41) is 6.68. The smallest absolute Gasteiger partial charge is 0.258 e. The second-order valence-electron chi connectivity index (χ2n) is 7.48. The Kier molecular flexibility index (Phi) is 8.79. The molecule has 0 unspecified atom stereocenters. The molecule has 182 valence electrons. The lowest BCUT2D eigenvalue weighted by Gasteiger charge is -2.12. The highest BCUT2D eigenvalue weighted by Crippen LogP contribution is 2.28. The van der Waals surface area contributed by atoms with Crippen LogP contribution in [0.15, 0.2) is 53.0 Å². The maximum Gasteiger partial charge on any atom is 0.258 e. The van der Waals surface area contributed by atoms with Crippen LogP contribution in [0.5, 0.6) is 0 Å². The van der Waals surface area contributed by atoms with E-state index < -0.39 is 5.91 Å². The largest absolute Gasteiger partial charge is 0.377 e. The Labute approximate surface area is 226 Å². The number of H-pyrrole nitrogens is 1. The number of aromatic amines is 1. The second kappa shape index (κ2) is 11.4. The zero-order valence-electron chi connectivity index (χ0n) is 18.5. The van der Waals surface area contributed by atoms with Gasteiger partial charge in [-0.1, -0.05) is 29.3 Å². The Bertz CT molecular complexity index is 1420. The van der Waals surface area contributed by atoms with Crippen LogP contribution < -0.4 is 10.6 Å². The number of carbonyl (C=O) groups excluding carboxylic acids is 2. The van der Waals surface area contributed by atoms with Crippen LogP contribution in [0.4, 0.5) is 11.4 Å². The third-order valence-electron chi connectivity index (χ3n) is 5.11. The summed E-state index contributed by atoms with van der Waals surface area (Å²) in [5.74, 6) is -0.236. The number of carbonyl (C=O) groups is 2. The summed E-state index contributed by atoms with van der Waals surface area (Å²) in [6.07, 6.45) is 0. The highest BCUT2D eigenvalue weighted by molar-refractivity contribution is 9.10. The fourth-order valence-corrected chi connectivity index (χ4v) is 4.19. The van der Waals surface area contributed by atoms with E-state index in [4.69, 9.17) is 27.9 Å². The van der Waals surface area contributed by atoms with Crippen molar-refractivity contribution in [1.82, 2.24) is 9.97 Å². The number of hydrogen-bond acceptors (Lipinski definition) is 4. The summed E-state index contributed by atoms with van der Waals surface area (Å²) in [4.78, 5) is 33.8. The SMILES string of the molecule is COCc1nc2c(C(=O)Nc3cccc(Cl)c3C)cc(NC(=O)c3cc(Cl)ccc3Br)cc2[nH]1.Cl. The molecule has 0 fully saturated rings. The van der Waals surface area contributed by atoms with Gasteiger partial charge in [0.05, 0.1) is 16.6 Å². The average molecular weight is 599 g/mol. The zero-order chi connectivity index (χ0) is 24.4. The minimum absolute atomic E-state index is 0. The van der Waals surface area contributed by atoms with Gasteiger partial charge in [0.25, 0.3) is 11.8 Å². The fourth-order valence-electron chi connectivity index (χ4n) is 3.42. The van der Waals surface area contributed by atoms with Crippen molar-refractivity contribution in [3.05, 3.63) is 85.6 Å². The van der Waals surface area contributed by atoms with Crippen molar-refractivity contribution >= 4 is 85.8 Å². The van der Waals surface area contributed by atoms with E-state index in [2.05, 4.69) is 36.5 Å². The molecule has 0 saturated heterocycles. The number of nitrogens with one attached hydrogen (secondary N) is 3. The Morgan fingerprint density at radius 1 is 1.06 bits per heavy atom. The Hall–Kier alpha value is -2.62. The molecule has 35 heavy (non-hydrogen) atoms. The average Bonchev–Trinajstić information content (AvgIpc) is 3.20. The van der Waals surface area contributed by atoms with Gasteiger partial charge in [-0.25, -0.2) is 4.98 Å². The van der Waals surface area contributed by atoms with E-state index in [1.807, 2.05) is 6.92 Å². The van der Waals surface area contributed by atoms with Gasteiger partial charge in [-0.15, -0.1) is 12.4 Å². The summed E-state index contributed by atoms with van der Waals surface area (Å²) in [5.41, 5.74) is 3.38. The number of ether oxygens (including phenoxy) is 1. The van der Waals surface area contributed by atoms with Crippen molar-refractivity contribution in [3.63, 3.8) is 0 Å². The quantitative estimate of drug-likeness (QED) is 0.222. The summed E-state index contributed by atoms with van der Waals surface area (Å²) in [7, 11) is 1.55. The van der Waals surface area contributed by atoms with Gasteiger partial charge >= 0.3 is 0 Å². The molecular formula is C24H20BrCl3N4O3. The Balaban J connectivity index is 0.00000342. The van der Waals surface area contributed by atoms with Crippen LogP contribution in [0.2, 0.25) is 10.0 Å². The second-order valence-corrected chi connectivity index (χ2v) is 9.18. The van der Waals surface area contributed by atoms with Gasteiger partial charge < -0.3 is 20.4 Å². The molecule has 7 nitrogen and oxygen atoms in total. The van der Waals surface area contributed by atoms with E-state index in [1.54, 1.807) is 55.6 Å². The van der Waals surface area contributed by atoms with Gasteiger partial charge in [-0.05, 0) is 70.9 Å². The van der Waals surface area contributed by atoms with Crippen LogP contribution in [-0.4, -0.2) is 28.9 Å². The number of benzene rings is 3. The maximum absolute atomic E-state index is 13.3. The number of nitrogens with zero attached hydrogens (tertiary/aromatic N) is 1. The highest BCUT2D eigenvalue weighted by Gasteiger charge is 2.19. The molecule has 1 aromatic heterocycles. The van der Waals surface area contributed by atoms with E-state index in [0.29, 0.717) is 48.3 Å². The van der Waals surface area contributed by atoms with Gasteiger partial charge in [0, 0.05) is 33.0 Å². The van der Waals surface area contributed by atoms with Crippen molar-refractivity contribution in [1.29, 1.82) is 0 Å². The maximum atomic E-state index is 13.3. The third kappa shape index (κ3) is 5.97. The van der Waals surface area contributed by atoms with Gasteiger partial charge in [0.1, 0.15) is 17.9 Å². The van der Waals surface area contributed by atoms with Gasteiger partial charge in [0.15, 0.2) is 0 Å². The topological polar surface area (TPSA) is 96.1 Å². The van der Waals surface area contributed by atoms with E-state index in [9.17, 15) is 9.59 Å². The minimum atomic E-state index is -0.397. The number of fused-ring (bicyclic) bond motifs is 1. The van der Waals surface area contributed by atoms with Crippen molar-refractivity contribution in [2.45, 2.75) is 13.5 Å². The lowest BCUT2D eigenvalue weighted by atomic mass is 10.1. The molecule has 1 heterocycles.